The van der Waals surface area contributed by atoms with Crippen molar-refractivity contribution in [2.75, 3.05) is 30.9 Å². The summed E-state index contributed by atoms with van der Waals surface area (Å²) in [7, 11) is 1.41. The van der Waals surface area contributed by atoms with Crippen LogP contribution in [0.1, 0.15) is 35.9 Å². The number of nitrogens with zero attached hydrogens (tertiary/aromatic N) is 2. The minimum Gasteiger partial charge on any atom is -0.469 e. The van der Waals surface area contributed by atoms with Crippen LogP contribution in [0.3, 0.4) is 0 Å². The first-order valence-corrected chi connectivity index (χ1v) is 9.58. The molecule has 152 valence electrons. The van der Waals surface area contributed by atoms with Crippen LogP contribution in [-0.2, 0) is 28.9 Å². The molecule has 0 unspecified atom stereocenters. The molecule has 7 nitrogen and oxygen atoms in total. The van der Waals surface area contributed by atoms with E-state index in [1.165, 1.54) is 12.7 Å². The molecule has 1 aromatic heterocycles. The Morgan fingerprint density at radius 1 is 1.32 bits per heavy atom. The summed E-state index contributed by atoms with van der Waals surface area (Å²) in [6, 6.07) is 9.98. The second-order valence-corrected chi connectivity index (χ2v) is 6.71. The summed E-state index contributed by atoms with van der Waals surface area (Å²) in [5, 5.41) is 4.93. The van der Waals surface area contributed by atoms with Crippen LogP contribution in [0.5, 0.6) is 0 Å². The van der Waals surface area contributed by atoms with E-state index >= 15 is 0 Å². The Labute approximate surface area is 167 Å². The van der Waals surface area contributed by atoms with Crippen LogP contribution < -0.4 is 21.9 Å². The molecule has 3 rings (SSSR count). The second kappa shape index (κ2) is 10.6. The van der Waals surface area contributed by atoms with Gasteiger partial charge in [-0.15, -0.1) is 0 Å². The highest BCUT2D eigenvalue weighted by Crippen LogP contribution is 2.23. The topological polar surface area (TPSA) is 107 Å². The highest BCUT2D eigenvalue weighted by atomic mass is 16.5. The number of fused-ring (bicyclic) bond motifs is 1. The molecular formula is C21H31N5O2. The minimum atomic E-state index is -0.183. The van der Waals surface area contributed by atoms with E-state index in [9.17, 15) is 4.79 Å². The van der Waals surface area contributed by atoms with Gasteiger partial charge in [0, 0.05) is 25.2 Å². The van der Waals surface area contributed by atoms with E-state index < -0.39 is 0 Å². The Hall–Kier alpha value is -2.64. The number of carbonyl (C=O) groups is 1. The van der Waals surface area contributed by atoms with Crippen molar-refractivity contribution in [1.29, 1.82) is 0 Å². The average Bonchev–Trinajstić information content (AvgIpc) is 2.73. The van der Waals surface area contributed by atoms with Gasteiger partial charge in [0.25, 0.3) is 0 Å². The van der Waals surface area contributed by atoms with E-state index in [0.29, 0.717) is 12.8 Å². The molecule has 0 atom stereocenters. The van der Waals surface area contributed by atoms with Crippen LogP contribution in [0.4, 0.5) is 11.4 Å². The van der Waals surface area contributed by atoms with Crippen LogP contribution in [0.25, 0.3) is 0 Å². The smallest absolute Gasteiger partial charge is 0.305 e. The number of aromatic nitrogens is 1. The summed E-state index contributed by atoms with van der Waals surface area (Å²) < 4.78 is 4.61. The molecule has 2 aromatic rings. The fourth-order valence-electron chi connectivity index (χ4n) is 2.94. The Morgan fingerprint density at radius 3 is 2.82 bits per heavy atom. The van der Waals surface area contributed by atoms with Crippen LogP contribution >= 0.6 is 0 Å². The van der Waals surface area contributed by atoms with Crippen molar-refractivity contribution in [3.05, 3.63) is 52.8 Å². The minimum absolute atomic E-state index is 0.183. The Morgan fingerprint density at radius 2 is 2.11 bits per heavy atom. The SMILES string of the molecule is CCN(N)c1cccc(C)c1N.COC(=O)CCc1ccc2c(n1)CNCC2. The normalized spacial score (nSPS) is 12.4. The van der Waals surface area contributed by atoms with E-state index in [2.05, 4.69) is 21.1 Å². The number of benzene rings is 1. The van der Waals surface area contributed by atoms with Gasteiger partial charge in [0.1, 0.15) is 0 Å². The number of nitrogens with one attached hydrogen (secondary N) is 1. The average molecular weight is 386 g/mol. The second-order valence-electron chi connectivity index (χ2n) is 6.71. The van der Waals surface area contributed by atoms with Crippen LogP contribution in [-0.4, -0.2) is 31.2 Å². The van der Waals surface area contributed by atoms with Crippen LogP contribution in [0.15, 0.2) is 30.3 Å². The number of anilines is 2. The van der Waals surface area contributed by atoms with Crippen molar-refractivity contribution in [2.24, 2.45) is 5.84 Å². The number of methoxy groups -OCH3 is 1. The van der Waals surface area contributed by atoms with Crippen LogP contribution in [0, 0.1) is 6.92 Å². The highest BCUT2D eigenvalue weighted by Gasteiger charge is 2.11. The van der Waals surface area contributed by atoms with E-state index in [4.69, 9.17) is 11.6 Å². The lowest BCUT2D eigenvalue weighted by molar-refractivity contribution is -0.140. The number of hydrogen-bond donors (Lipinski definition) is 3. The molecule has 1 aromatic carbocycles. The first-order chi connectivity index (χ1) is 13.5. The van der Waals surface area contributed by atoms with Gasteiger partial charge in [-0.05, 0) is 50.1 Å². The zero-order chi connectivity index (χ0) is 20.5. The van der Waals surface area contributed by atoms with Gasteiger partial charge in [0.05, 0.1) is 30.6 Å². The standard InChI is InChI=1S/C12H16N2O2.C9H15N3/c1-16-12(15)5-4-10-3-2-9-6-7-13-8-11(9)14-10;1-3-12(11)8-6-4-5-7(2)9(8)10/h2-3,13H,4-8H2,1H3;4-6H,3,10-11H2,1-2H3. The maximum Gasteiger partial charge on any atom is 0.305 e. The predicted octanol–water partition coefficient (Wildman–Crippen LogP) is 2.11. The molecule has 0 saturated carbocycles. The van der Waals surface area contributed by atoms with E-state index in [1.54, 1.807) is 5.01 Å². The van der Waals surface area contributed by atoms with Crippen molar-refractivity contribution in [2.45, 2.75) is 39.7 Å². The highest BCUT2D eigenvalue weighted by molar-refractivity contribution is 5.70. The zero-order valence-electron chi connectivity index (χ0n) is 17.0. The van der Waals surface area contributed by atoms with Crippen molar-refractivity contribution in [3.8, 4) is 0 Å². The molecule has 0 bridgehead atoms. The Bertz CT molecular complexity index is 794. The first kappa shape index (κ1) is 21.7. The van der Waals surface area contributed by atoms with Gasteiger partial charge in [-0.3, -0.25) is 9.78 Å². The van der Waals surface area contributed by atoms with Gasteiger partial charge < -0.3 is 20.8 Å². The molecule has 0 fully saturated rings. The predicted molar refractivity (Wildman–Crippen MR) is 113 cm³/mol. The number of rotatable bonds is 5. The summed E-state index contributed by atoms with van der Waals surface area (Å²) in [5.74, 6) is 5.53. The van der Waals surface area contributed by atoms with Crippen molar-refractivity contribution < 1.29 is 9.53 Å². The molecule has 7 heteroatoms. The first-order valence-electron chi connectivity index (χ1n) is 9.58. The fraction of sp³-hybridized carbons (Fsp3) is 0.429. The number of hydrogen-bond acceptors (Lipinski definition) is 7. The molecule has 0 saturated heterocycles. The molecule has 1 aliphatic rings. The van der Waals surface area contributed by atoms with Crippen LogP contribution in [0.2, 0.25) is 0 Å². The lowest BCUT2D eigenvalue weighted by atomic mass is 10.1. The number of carbonyl (C=O) groups excluding carboxylic acids is 1. The molecule has 1 aliphatic heterocycles. The van der Waals surface area contributed by atoms with Gasteiger partial charge in [0.15, 0.2) is 0 Å². The number of para-hydroxylation sites is 1. The summed E-state index contributed by atoms with van der Waals surface area (Å²) in [6.07, 6.45) is 2.09. The van der Waals surface area contributed by atoms with Crippen molar-refractivity contribution in [1.82, 2.24) is 10.3 Å². The van der Waals surface area contributed by atoms with E-state index in [1.807, 2.05) is 38.1 Å². The van der Waals surface area contributed by atoms with Gasteiger partial charge >= 0.3 is 5.97 Å². The third kappa shape index (κ3) is 5.94. The molecule has 0 radical (unpaired) electrons. The third-order valence-electron chi connectivity index (χ3n) is 4.75. The molecular weight excluding hydrogens is 354 g/mol. The van der Waals surface area contributed by atoms with Gasteiger partial charge in [-0.25, -0.2) is 5.84 Å². The Kier molecular flexibility index (Phi) is 8.22. The maximum absolute atomic E-state index is 11.0. The number of pyridine rings is 1. The number of ether oxygens (including phenoxy) is 1. The van der Waals surface area contributed by atoms with Gasteiger partial charge in [0.2, 0.25) is 0 Å². The summed E-state index contributed by atoms with van der Waals surface area (Å²) in [6.45, 7) is 6.58. The summed E-state index contributed by atoms with van der Waals surface area (Å²) in [5.41, 5.74) is 12.0. The summed E-state index contributed by atoms with van der Waals surface area (Å²) >= 11 is 0. The molecule has 0 spiro atoms. The fourth-order valence-corrected chi connectivity index (χ4v) is 2.94. The van der Waals surface area contributed by atoms with E-state index in [0.717, 1.165) is 54.4 Å². The number of hydrazine groups is 1. The van der Waals surface area contributed by atoms with Crippen molar-refractivity contribution in [3.63, 3.8) is 0 Å². The summed E-state index contributed by atoms with van der Waals surface area (Å²) in [4.78, 5) is 15.6. The molecule has 2 heterocycles. The number of nitrogens with two attached hydrogens (primary N) is 2. The van der Waals surface area contributed by atoms with Gasteiger partial charge in [-0.2, -0.15) is 0 Å². The quantitative estimate of drug-likeness (QED) is 0.313. The largest absolute Gasteiger partial charge is 0.469 e. The monoisotopic (exact) mass is 385 g/mol. The zero-order valence-corrected chi connectivity index (χ0v) is 17.0. The lowest BCUT2D eigenvalue weighted by Crippen LogP contribution is -2.31. The lowest BCUT2D eigenvalue weighted by Gasteiger charge is -2.19. The molecule has 0 aliphatic carbocycles. The van der Waals surface area contributed by atoms with Gasteiger partial charge in [-0.1, -0.05) is 18.2 Å². The molecule has 0 amide bonds. The van der Waals surface area contributed by atoms with E-state index in [-0.39, 0.29) is 5.97 Å². The number of nitrogen functional groups attached to an aromatic ring is 1. The molecule has 5 N–H and O–H groups in total. The number of esters is 1. The third-order valence-corrected chi connectivity index (χ3v) is 4.75. The Balaban J connectivity index is 0.000000209. The number of aryl methyl sites for hydroxylation is 2. The maximum atomic E-state index is 11.0. The van der Waals surface area contributed by atoms with Crippen molar-refractivity contribution >= 4 is 17.3 Å². The molecule has 28 heavy (non-hydrogen) atoms.